The number of rotatable bonds is 0. The molecule has 0 fully saturated rings. The summed E-state index contributed by atoms with van der Waals surface area (Å²) in [5.41, 5.74) is 0. The van der Waals surface area contributed by atoms with Crippen LogP contribution in [0.2, 0.25) is 0 Å². The Morgan fingerprint density at radius 2 is 1.29 bits per heavy atom. The summed E-state index contributed by atoms with van der Waals surface area (Å²) in [6.07, 6.45) is 5.50. The van der Waals surface area contributed by atoms with E-state index in [9.17, 15) is 0 Å². The van der Waals surface area contributed by atoms with Crippen molar-refractivity contribution in [3.8, 4) is 0 Å². The fourth-order valence-electron chi connectivity index (χ4n) is 0. The van der Waals surface area contributed by atoms with E-state index in [1.165, 1.54) is 6.42 Å². The number of allylic oxidation sites excluding steroid dienone is 2. The first-order valence-electron chi connectivity index (χ1n) is 2.49. The van der Waals surface area contributed by atoms with Crippen LogP contribution in [0.5, 0.6) is 0 Å². The van der Waals surface area contributed by atoms with Gasteiger partial charge in [-0.3, -0.25) is 0 Å². The number of hydrogen-bond donors (Lipinski definition) is 0. The van der Waals surface area contributed by atoms with E-state index in [0.717, 1.165) is 0 Å². The van der Waals surface area contributed by atoms with Crippen molar-refractivity contribution in [3.05, 3.63) is 12.2 Å². The van der Waals surface area contributed by atoms with Crippen LogP contribution in [0.1, 0.15) is 6.42 Å². The molecule has 1 nitrogen and oxygen atoms in total. The van der Waals surface area contributed by atoms with E-state index in [4.69, 9.17) is 0 Å². The Bertz CT molecular complexity index is 48.4. The first-order chi connectivity index (χ1) is 3.23. The van der Waals surface area contributed by atoms with Crippen molar-refractivity contribution < 1.29 is 0 Å². The van der Waals surface area contributed by atoms with E-state index in [0.29, 0.717) is 0 Å². The first kappa shape index (κ1) is 6.70. The molecule has 0 unspecified atom stereocenters. The molecule has 1 rings (SSSR count). The maximum atomic E-state index is 2.12. The fourth-order valence-corrected chi connectivity index (χ4v) is 0. The van der Waals surface area contributed by atoms with Crippen molar-refractivity contribution in [2.45, 2.75) is 6.42 Å². The Labute approximate surface area is 45.6 Å². The Morgan fingerprint density at radius 3 is 1.29 bits per heavy atom. The Morgan fingerprint density at radius 1 is 1.14 bits per heavy atom. The highest BCUT2D eigenvalue weighted by Gasteiger charge is 1.75. The van der Waals surface area contributed by atoms with Crippen LogP contribution in [0, 0.1) is 0 Å². The second-order valence-electron chi connectivity index (χ2n) is 2.05. The van der Waals surface area contributed by atoms with E-state index in [1.807, 2.05) is 26.0 Å². The molecule has 1 aliphatic carbocycles. The number of nitrogens with zero attached hydrogens (tertiary/aromatic N) is 1. The van der Waals surface area contributed by atoms with Crippen molar-refractivity contribution in [3.63, 3.8) is 0 Å². The lowest BCUT2D eigenvalue weighted by Crippen LogP contribution is -1.99. The molecule has 0 saturated heterocycles. The smallest absolute Gasteiger partial charge is 0.0140 e. The minimum Gasteiger partial charge on any atom is -0.312 e. The molecule has 0 aromatic rings. The molecule has 1 heteroatoms. The molecule has 0 aromatic heterocycles. The lowest BCUT2D eigenvalue weighted by atomic mass is 10.9. The van der Waals surface area contributed by atoms with Gasteiger partial charge < -0.3 is 4.90 Å². The first-order valence-corrected chi connectivity index (χ1v) is 2.49. The van der Waals surface area contributed by atoms with Gasteiger partial charge in [0, 0.05) is 0 Å². The molecule has 42 valence electrons. The van der Waals surface area contributed by atoms with Gasteiger partial charge >= 0.3 is 0 Å². The quantitative estimate of drug-likeness (QED) is 0.411. The average molecular weight is 99.2 g/mol. The van der Waals surface area contributed by atoms with Crippen molar-refractivity contribution >= 4 is 0 Å². The summed E-state index contributed by atoms with van der Waals surface area (Å²) in [4.78, 5) is 2.00. The monoisotopic (exact) mass is 99.1 g/mol. The summed E-state index contributed by atoms with van der Waals surface area (Å²) >= 11 is 0. The van der Waals surface area contributed by atoms with E-state index in [-0.39, 0.29) is 0 Å². The van der Waals surface area contributed by atoms with Crippen LogP contribution >= 0.6 is 0 Å². The molecular formula is C6H13N. The fraction of sp³-hybridized carbons (Fsp3) is 0.667. The molecule has 7 heavy (non-hydrogen) atoms. The molecule has 0 atom stereocenters. The Balaban J connectivity index is 0.000000105. The SMILES string of the molecule is C1=CC1.CN(C)C. The number of hydrogen-bond acceptors (Lipinski definition) is 1. The van der Waals surface area contributed by atoms with Gasteiger partial charge in [0.1, 0.15) is 0 Å². The highest BCUT2D eigenvalue weighted by Crippen LogP contribution is 1.96. The van der Waals surface area contributed by atoms with E-state index < -0.39 is 0 Å². The average Bonchev–Trinajstić information content (AvgIpc) is 2.02. The molecule has 0 bridgehead atoms. The zero-order valence-electron chi connectivity index (χ0n) is 5.31. The lowest BCUT2D eigenvalue weighted by Gasteiger charge is -1.90. The molecule has 0 radical (unpaired) electrons. The van der Waals surface area contributed by atoms with Crippen LogP contribution in [0.4, 0.5) is 0 Å². The van der Waals surface area contributed by atoms with Gasteiger partial charge in [-0.2, -0.15) is 0 Å². The lowest BCUT2D eigenvalue weighted by molar-refractivity contribution is 0.505. The van der Waals surface area contributed by atoms with Gasteiger partial charge in [0.25, 0.3) is 0 Å². The summed E-state index contributed by atoms with van der Waals surface area (Å²) in [5.74, 6) is 0. The second kappa shape index (κ2) is 3.88. The normalized spacial score (nSPS) is 13.1. The van der Waals surface area contributed by atoms with Gasteiger partial charge in [-0.25, -0.2) is 0 Å². The van der Waals surface area contributed by atoms with Crippen LogP contribution < -0.4 is 0 Å². The molecular weight excluding hydrogens is 86.1 g/mol. The Kier molecular flexibility index (Phi) is 3.71. The maximum Gasteiger partial charge on any atom is -0.0140 e. The predicted molar refractivity (Wildman–Crippen MR) is 33.4 cm³/mol. The second-order valence-corrected chi connectivity index (χ2v) is 2.05. The van der Waals surface area contributed by atoms with Gasteiger partial charge in [0.05, 0.1) is 0 Å². The summed E-state index contributed by atoms with van der Waals surface area (Å²) < 4.78 is 0. The molecule has 1 aliphatic rings. The summed E-state index contributed by atoms with van der Waals surface area (Å²) in [6.45, 7) is 0. The van der Waals surface area contributed by atoms with Crippen molar-refractivity contribution in [1.82, 2.24) is 4.90 Å². The zero-order chi connectivity index (χ0) is 5.70. The molecule has 0 amide bonds. The van der Waals surface area contributed by atoms with Gasteiger partial charge in [0.2, 0.25) is 0 Å². The van der Waals surface area contributed by atoms with Crippen molar-refractivity contribution in [2.24, 2.45) is 0 Å². The summed E-state index contributed by atoms with van der Waals surface area (Å²) in [6, 6.07) is 0. The van der Waals surface area contributed by atoms with Crippen molar-refractivity contribution in [2.75, 3.05) is 21.1 Å². The topological polar surface area (TPSA) is 3.24 Å². The molecule has 0 aromatic carbocycles. The largest absolute Gasteiger partial charge is 0.312 e. The third-order valence-corrected chi connectivity index (χ3v) is 0.236. The third kappa shape index (κ3) is 159. The van der Waals surface area contributed by atoms with Crippen LogP contribution in [-0.2, 0) is 0 Å². The van der Waals surface area contributed by atoms with Gasteiger partial charge in [0.15, 0.2) is 0 Å². The van der Waals surface area contributed by atoms with E-state index >= 15 is 0 Å². The van der Waals surface area contributed by atoms with Gasteiger partial charge in [-0.1, -0.05) is 12.2 Å². The minimum absolute atomic E-state index is 1.25. The van der Waals surface area contributed by atoms with Crippen LogP contribution in [0.3, 0.4) is 0 Å². The maximum absolute atomic E-state index is 2.12. The molecule has 0 N–H and O–H groups in total. The van der Waals surface area contributed by atoms with Crippen LogP contribution in [0.15, 0.2) is 12.2 Å². The third-order valence-electron chi connectivity index (χ3n) is 0.236. The summed E-state index contributed by atoms with van der Waals surface area (Å²) in [5, 5.41) is 0. The molecule has 0 aliphatic heterocycles. The van der Waals surface area contributed by atoms with E-state index in [1.54, 1.807) is 0 Å². The molecule has 0 spiro atoms. The zero-order valence-corrected chi connectivity index (χ0v) is 5.31. The molecule has 0 saturated carbocycles. The highest BCUT2D eigenvalue weighted by molar-refractivity contribution is 5.02. The highest BCUT2D eigenvalue weighted by atomic mass is 15.0. The summed E-state index contributed by atoms with van der Waals surface area (Å²) in [7, 11) is 6.00. The Hall–Kier alpha value is -0.300. The minimum atomic E-state index is 1.25. The van der Waals surface area contributed by atoms with Gasteiger partial charge in [-0.15, -0.1) is 0 Å². The standard InChI is InChI=1S/C3H9N.C3H4/c1-4(2)3;1-2-3-1/h1-3H3;1-2H,3H2. The van der Waals surface area contributed by atoms with E-state index in [2.05, 4.69) is 12.2 Å². The molecule has 0 heterocycles. The van der Waals surface area contributed by atoms with Crippen LogP contribution in [0.25, 0.3) is 0 Å². The van der Waals surface area contributed by atoms with Crippen LogP contribution in [-0.4, -0.2) is 26.0 Å². The van der Waals surface area contributed by atoms with Gasteiger partial charge in [-0.05, 0) is 27.6 Å². The van der Waals surface area contributed by atoms with Crippen molar-refractivity contribution in [1.29, 1.82) is 0 Å². The predicted octanol–water partition coefficient (Wildman–Crippen LogP) is 1.12.